The summed E-state index contributed by atoms with van der Waals surface area (Å²) in [5.74, 6) is 0.900. The predicted octanol–water partition coefficient (Wildman–Crippen LogP) is 6.86. The fourth-order valence-corrected chi connectivity index (χ4v) is 3.66. The Kier molecular flexibility index (Phi) is 7.41. The maximum absolute atomic E-state index is 6.05. The minimum absolute atomic E-state index is 0.728. The van der Waals surface area contributed by atoms with Gasteiger partial charge >= 0.3 is 0 Å². The van der Waals surface area contributed by atoms with E-state index in [1.807, 2.05) is 24.3 Å². The summed E-state index contributed by atoms with van der Waals surface area (Å²) in [4.78, 5) is 9.44. The van der Waals surface area contributed by atoms with Gasteiger partial charge in [-0.3, -0.25) is 0 Å². The van der Waals surface area contributed by atoms with Crippen molar-refractivity contribution in [1.29, 1.82) is 0 Å². The topological polar surface area (TPSA) is 18.8 Å². The van der Waals surface area contributed by atoms with Crippen molar-refractivity contribution < 1.29 is 0 Å². The summed E-state index contributed by atoms with van der Waals surface area (Å²) in [6.45, 7) is 5.65. The minimum Gasteiger partial charge on any atom is -0.341 e. The second-order valence-corrected chi connectivity index (χ2v) is 8.49. The van der Waals surface area contributed by atoms with Crippen LogP contribution in [-0.4, -0.2) is 29.9 Å². The highest BCUT2D eigenvalue weighted by molar-refractivity contribution is 6.30. The van der Waals surface area contributed by atoms with Crippen LogP contribution in [0, 0.1) is 13.8 Å². The molecule has 0 aliphatic rings. The van der Waals surface area contributed by atoms with Crippen LogP contribution >= 0.6 is 23.2 Å². The second kappa shape index (κ2) is 10.0. The van der Waals surface area contributed by atoms with Gasteiger partial charge in [-0.2, -0.15) is 0 Å². The molecule has 5 heteroatoms. The van der Waals surface area contributed by atoms with Crippen molar-refractivity contribution in [3.63, 3.8) is 0 Å². The van der Waals surface area contributed by atoms with E-state index in [0.717, 1.165) is 45.9 Å². The Morgan fingerprint density at radius 1 is 0.700 bits per heavy atom. The van der Waals surface area contributed by atoms with E-state index < -0.39 is 0 Å². The number of para-hydroxylation sites is 1. The minimum atomic E-state index is 0.728. The van der Waals surface area contributed by atoms with Gasteiger partial charge in [-0.25, -0.2) is 4.99 Å². The van der Waals surface area contributed by atoms with E-state index in [2.05, 4.69) is 80.2 Å². The molecule has 3 nitrogen and oxygen atoms in total. The maximum Gasteiger partial charge on any atom is 0.201 e. The lowest BCUT2D eigenvalue weighted by molar-refractivity contribution is 0.380. The summed E-state index contributed by atoms with van der Waals surface area (Å²) in [7, 11) is 4.14. The predicted molar refractivity (Wildman–Crippen MR) is 129 cm³/mol. The van der Waals surface area contributed by atoms with Crippen molar-refractivity contribution in [1.82, 2.24) is 9.80 Å². The molecule has 0 amide bonds. The molecule has 30 heavy (non-hydrogen) atoms. The monoisotopic (exact) mass is 439 g/mol. The Morgan fingerprint density at radius 3 is 1.50 bits per heavy atom. The molecule has 0 N–H and O–H groups in total. The summed E-state index contributed by atoms with van der Waals surface area (Å²) in [5, 5.41) is 1.48. The number of hydrogen-bond donors (Lipinski definition) is 0. The van der Waals surface area contributed by atoms with Gasteiger partial charge in [0.2, 0.25) is 5.96 Å². The fourth-order valence-electron chi connectivity index (χ4n) is 3.41. The van der Waals surface area contributed by atoms with Crippen LogP contribution in [-0.2, 0) is 13.1 Å². The van der Waals surface area contributed by atoms with Gasteiger partial charge in [0.15, 0.2) is 0 Å². The molecule has 0 spiro atoms. The van der Waals surface area contributed by atoms with E-state index in [4.69, 9.17) is 28.2 Å². The van der Waals surface area contributed by atoms with Gasteiger partial charge in [0.1, 0.15) is 0 Å². The van der Waals surface area contributed by atoms with Crippen LogP contribution in [0.2, 0.25) is 10.0 Å². The van der Waals surface area contributed by atoms with Gasteiger partial charge in [0.05, 0.1) is 5.69 Å². The molecule has 0 saturated heterocycles. The number of benzene rings is 3. The normalized spacial score (nSPS) is 10.6. The lowest BCUT2D eigenvalue weighted by Gasteiger charge is -2.30. The van der Waals surface area contributed by atoms with E-state index in [1.54, 1.807) is 0 Å². The van der Waals surface area contributed by atoms with Crippen LogP contribution in [0.4, 0.5) is 5.69 Å². The summed E-state index contributed by atoms with van der Waals surface area (Å²) in [6.07, 6.45) is 0. The second-order valence-electron chi connectivity index (χ2n) is 7.62. The van der Waals surface area contributed by atoms with Crippen molar-refractivity contribution in [3.8, 4) is 0 Å². The van der Waals surface area contributed by atoms with Gasteiger partial charge < -0.3 is 9.80 Å². The summed E-state index contributed by atoms with van der Waals surface area (Å²) in [6, 6.07) is 22.2. The third-order valence-corrected chi connectivity index (χ3v) is 5.50. The highest BCUT2D eigenvalue weighted by Crippen LogP contribution is 2.25. The highest BCUT2D eigenvalue weighted by atomic mass is 35.5. The first-order chi connectivity index (χ1) is 14.3. The van der Waals surface area contributed by atoms with Crippen LogP contribution < -0.4 is 0 Å². The molecule has 0 fully saturated rings. The number of halogens is 2. The molecule has 3 aromatic rings. The lowest BCUT2D eigenvalue weighted by atomic mass is 10.1. The molecule has 0 saturated carbocycles. The molecule has 0 atom stereocenters. The molecule has 3 aromatic carbocycles. The SMILES string of the molecule is Cc1cccc(C)c1N=C(N(C)Cc1ccc(Cl)cc1)N(C)Cc1ccc(Cl)cc1. The van der Waals surface area contributed by atoms with Gasteiger partial charge in [0.25, 0.3) is 0 Å². The van der Waals surface area contributed by atoms with Crippen LogP contribution in [0.15, 0.2) is 71.7 Å². The van der Waals surface area contributed by atoms with Crippen LogP contribution in [0.1, 0.15) is 22.3 Å². The van der Waals surface area contributed by atoms with Crippen molar-refractivity contribution in [2.45, 2.75) is 26.9 Å². The lowest BCUT2D eigenvalue weighted by Crippen LogP contribution is -2.39. The van der Waals surface area contributed by atoms with Gasteiger partial charge in [-0.1, -0.05) is 65.7 Å². The highest BCUT2D eigenvalue weighted by Gasteiger charge is 2.15. The zero-order valence-electron chi connectivity index (χ0n) is 17.9. The Balaban J connectivity index is 1.93. The average Bonchev–Trinajstić information content (AvgIpc) is 2.71. The summed E-state index contributed by atoms with van der Waals surface area (Å²) in [5.41, 5.74) is 5.69. The molecular weight excluding hydrogens is 413 g/mol. The first-order valence-corrected chi connectivity index (χ1v) is 10.6. The number of aliphatic imine (C=N–C) groups is 1. The van der Waals surface area contributed by atoms with E-state index in [1.165, 1.54) is 11.1 Å². The Bertz CT molecular complexity index is 936. The molecule has 0 radical (unpaired) electrons. The van der Waals surface area contributed by atoms with Crippen molar-refractivity contribution >= 4 is 34.8 Å². The van der Waals surface area contributed by atoms with E-state index in [9.17, 15) is 0 Å². The molecule has 0 aliphatic heterocycles. The van der Waals surface area contributed by atoms with Crippen molar-refractivity contribution in [3.05, 3.63) is 99.0 Å². The summed E-state index contributed by atoms with van der Waals surface area (Å²) >= 11 is 12.1. The van der Waals surface area contributed by atoms with Crippen molar-refractivity contribution in [2.75, 3.05) is 14.1 Å². The zero-order chi connectivity index (χ0) is 21.7. The molecule has 156 valence electrons. The Labute approximate surface area is 189 Å². The molecule has 0 heterocycles. The Hall–Kier alpha value is -2.49. The van der Waals surface area contributed by atoms with Crippen LogP contribution in [0.5, 0.6) is 0 Å². The molecule has 3 rings (SSSR count). The van der Waals surface area contributed by atoms with E-state index in [0.29, 0.717) is 0 Å². The molecule has 0 unspecified atom stereocenters. The number of nitrogens with zero attached hydrogens (tertiary/aromatic N) is 3. The molecular formula is C25H27Cl2N3. The third-order valence-electron chi connectivity index (χ3n) is 5.00. The summed E-state index contributed by atoms with van der Waals surface area (Å²) < 4.78 is 0. The van der Waals surface area contributed by atoms with Gasteiger partial charge in [-0.05, 0) is 60.4 Å². The maximum atomic E-state index is 6.05. The van der Waals surface area contributed by atoms with Gasteiger partial charge in [0, 0.05) is 37.2 Å². The number of hydrogen-bond acceptors (Lipinski definition) is 1. The standard InChI is InChI=1S/C25H27Cl2N3/c1-18-6-5-7-19(2)24(18)28-25(29(3)16-20-8-12-22(26)13-9-20)30(4)17-21-10-14-23(27)15-11-21/h5-15H,16-17H2,1-4H3. The van der Waals surface area contributed by atoms with Crippen LogP contribution in [0.3, 0.4) is 0 Å². The third kappa shape index (κ3) is 5.78. The Morgan fingerprint density at radius 2 is 1.10 bits per heavy atom. The largest absolute Gasteiger partial charge is 0.341 e. The number of aryl methyl sites for hydroxylation is 2. The first kappa shape index (κ1) is 22.2. The first-order valence-electron chi connectivity index (χ1n) is 9.89. The van der Waals surface area contributed by atoms with E-state index >= 15 is 0 Å². The van der Waals surface area contributed by atoms with Crippen molar-refractivity contribution in [2.24, 2.45) is 4.99 Å². The molecule has 0 bridgehead atoms. The smallest absolute Gasteiger partial charge is 0.201 e. The zero-order valence-corrected chi connectivity index (χ0v) is 19.4. The fraction of sp³-hybridized carbons (Fsp3) is 0.240. The quantitative estimate of drug-likeness (QED) is 0.319. The number of guanidine groups is 1. The van der Waals surface area contributed by atoms with E-state index in [-0.39, 0.29) is 0 Å². The number of rotatable bonds is 5. The average molecular weight is 440 g/mol. The molecule has 0 aromatic heterocycles. The van der Waals surface area contributed by atoms with Gasteiger partial charge in [-0.15, -0.1) is 0 Å². The van der Waals surface area contributed by atoms with Crippen LogP contribution in [0.25, 0.3) is 0 Å². The molecule has 0 aliphatic carbocycles.